The van der Waals surface area contributed by atoms with E-state index in [1.807, 2.05) is 24.3 Å². The molecule has 0 saturated heterocycles. The summed E-state index contributed by atoms with van der Waals surface area (Å²) in [6, 6.07) is 7.66. The van der Waals surface area contributed by atoms with E-state index >= 15 is 0 Å². The number of nitrogens with zero attached hydrogens (tertiary/aromatic N) is 1. The molecule has 20 heavy (non-hydrogen) atoms. The normalized spacial score (nSPS) is 10.5. The molecule has 3 N–H and O–H groups in total. The van der Waals surface area contributed by atoms with Gasteiger partial charge in [0.15, 0.2) is 0 Å². The van der Waals surface area contributed by atoms with Gasteiger partial charge in [-0.15, -0.1) is 11.3 Å². The third-order valence-corrected chi connectivity index (χ3v) is 4.30. The Morgan fingerprint density at radius 1 is 1.35 bits per heavy atom. The van der Waals surface area contributed by atoms with Crippen molar-refractivity contribution in [3.63, 3.8) is 0 Å². The van der Waals surface area contributed by atoms with Crippen LogP contribution in [0.3, 0.4) is 0 Å². The van der Waals surface area contributed by atoms with Gasteiger partial charge < -0.3 is 16.0 Å². The van der Waals surface area contributed by atoms with Gasteiger partial charge in [-0.2, -0.15) is 0 Å². The molecular weight excluding hydrogens is 274 g/mol. The molecule has 1 aromatic heterocycles. The Balaban J connectivity index is 2.18. The zero-order valence-electron chi connectivity index (χ0n) is 11.5. The maximum Gasteiger partial charge on any atom is 0.265 e. The summed E-state index contributed by atoms with van der Waals surface area (Å²) in [5.41, 5.74) is 6.56. The predicted octanol–water partition coefficient (Wildman–Crippen LogP) is 1.69. The molecule has 1 heterocycles. The monoisotopic (exact) mass is 291 g/mol. The van der Waals surface area contributed by atoms with Crippen molar-refractivity contribution in [3.05, 3.63) is 29.1 Å². The number of anilines is 1. The Kier molecular flexibility index (Phi) is 4.24. The summed E-state index contributed by atoms with van der Waals surface area (Å²) in [7, 11) is 3.25. The maximum absolute atomic E-state index is 12.4. The number of carbonyl (C=O) groups is 2. The van der Waals surface area contributed by atoms with Gasteiger partial charge in [0.25, 0.3) is 5.91 Å². The second-order valence-corrected chi connectivity index (χ2v) is 5.54. The van der Waals surface area contributed by atoms with Gasteiger partial charge in [0.2, 0.25) is 5.91 Å². The van der Waals surface area contributed by atoms with Crippen LogP contribution in [-0.2, 0) is 4.79 Å². The molecule has 2 amide bonds. The first kappa shape index (κ1) is 14.3. The molecule has 0 saturated carbocycles. The molecule has 2 aromatic rings. The van der Waals surface area contributed by atoms with Crippen molar-refractivity contribution in [1.29, 1.82) is 0 Å². The van der Waals surface area contributed by atoms with Crippen molar-refractivity contribution >= 4 is 38.9 Å². The molecule has 2 rings (SSSR count). The number of nitrogens with one attached hydrogen (secondary N) is 1. The summed E-state index contributed by atoms with van der Waals surface area (Å²) in [5, 5.41) is 3.44. The van der Waals surface area contributed by atoms with Gasteiger partial charge in [0.05, 0.1) is 5.69 Å². The largest absolute Gasteiger partial charge is 0.397 e. The molecule has 0 aliphatic carbocycles. The molecule has 0 spiro atoms. The third-order valence-electron chi connectivity index (χ3n) is 3.13. The van der Waals surface area contributed by atoms with Gasteiger partial charge in [-0.25, -0.2) is 0 Å². The summed E-state index contributed by atoms with van der Waals surface area (Å²) in [6.07, 6.45) is 0.281. The molecule has 0 fully saturated rings. The van der Waals surface area contributed by atoms with Crippen molar-refractivity contribution in [3.8, 4) is 0 Å². The molecule has 0 aliphatic rings. The molecule has 5 nitrogen and oxygen atoms in total. The lowest BCUT2D eigenvalue weighted by molar-refractivity contribution is -0.120. The lowest BCUT2D eigenvalue weighted by atomic mass is 10.2. The van der Waals surface area contributed by atoms with E-state index in [-0.39, 0.29) is 18.2 Å². The quantitative estimate of drug-likeness (QED) is 0.900. The molecular formula is C14H17N3O2S. The molecule has 6 heteroatoms. The SMILES string of the molecule is CNC(=O)CCN(C)C(=O)c1sc2ccccc2c1N. The summed E-state index contributed by atoms with van der Waals surface area (Å²) >= 11 is 1.38. The van der Waals surface area contributed by atoms with Crippen molar-refractivity contribution < 1.29 is 9.59 Å². The van der Waals surface area contributed by atoms with Crippen LogP contribution in [0.1, 0.15) is 16.1 Å². The Bertz CT molecular complexity index is 651. The van der Waals surface area contributed by atoms with Crippen LogP contribution in [0.5, 0.6) is 0 Å². The van der Waals surface area contributed by atoms with Crippen molar-refractivity contribution in [2.24, 2.45) is 0 Å². The Hall–Kier alpha value is -2.08. The number of fused-ring (bicyclic) bond motifs is 1. The predicted molar refractivity (Wildman–Crippen MR) is 81.9 cm³/mol. The van der Waals surface area contributed by atoms with E-state index in [4.69, 9.17) is 5.73 Å². The number of rotatable bonds is 4. The molecule has 0 unspecified atom stereocenters. The van der Waals surface area contributed by atoms with E-state index in [1.165, 1.54) is 16.2 Å². The summed E-state index contributed by atoms with van der Waals surface area (Å²) in [5.74, 6) is -0.235. The van der Waals surface area contributed by atoms with Gasteiger partial charge >= 0.3 is 0 Å². The zero-order chi connectivity index (χ0) is 14.7. The van der Waals surface area contributed by atoms with Gasteiger partial charge in [0, 0.05) is 37.1 Å². The van der Waals surface area contributed by atoms with Gasteiger partial charge in [-0.3, -0.25) is 9.59 Å². The number of hydrogen-bond donors (Lipinski definition) is 2. The first-order valence-corrected chi connectivity index (χ1v) is 7.09. The Labute approximate surface area is 121 Å². The zero-order valence-corrected chi connectivity index (χ0v) is 12.3. The van der Waals surface area contributed by atoms with Gasteiger partial charge in [-0.05, 0) is 6.07 Å². The van der Waals surface area contributed by atoms with Crippen LogP contribution < -0.4 is 11.1 Å². The van der Waals surface area contributed by atoms with E-state index in [1.54, 1.807) is 14.1 Å². The summed E-state index contributed by atoms with van der Waals surface area (Å²) in [6.45, 7) is 0.367. The van der Waals surface area contributed by atoms with Crippen LogP contribution in [0.15, 0.2) is 24.3 Å². The number of benzene rings is 1. The molecule has 1 aromatic carbocycles. The molecule has 0 aliphatic heterocycles. The standard InChI is InChI=1S/C14H17N3O2S/c1-16-11(18)7-8-17(2)14(19)13-12(15)9-5-3-4-6-10(9)20-13/h3-6H,7-8,15H2,1-2H3,(H,16,18). The van der Waals surface area contributed by atoms with Crippen LogP contribution in [0.4, 0.5) is 5.69 Å². The van der Waals surface area contributed by atoms with Crippen molar-refractivity contribution in [1.82, 2.24) is 10.2 Å². The second-order valence-electron chi connectivity index (χ2n) is 4.49. The van der Waals surface area contributed by atoms with Crippen LogP contribution >= 0.6 is 11.3 Å². The van der Waals surface area contributed by atoms with Crippen LogP contribution in [0.2, 0.25) is 0 Å². The first-order chi connectivity index (χ1) is 9.54. The highest BCUT2D eigenvalue weighted by Crippen LogP contribution is 2.33. The number of amides is 2. The fourth-order valence-corrected chi connectivity index (χ4v) is 3.01. The lowest BCUT2D eigenvalue weighted by Gasteiger charge is -2.16. The maximum atomic E-state index is 12.4. The van der Waals surface area contributed by atoms with Gasteiger partial charge in [0.1, 0.15) is 4.88 Å². The Morgan fingerprint density at radius 2 is 2.05 bits per heavy atom. The lowest BCUT2D eigenvalue weighted by Crippen LogP contribution is -2.31. The van der Waals surface area contributed by atoms with Crippen molar-refractivity contribution in [2.45, 2.75) is 6.42 Å². The topological polar surface area (TPSA) is 75.4 Å². The van der Waals surface area contributed by atoms with E-state index in [9.17, 15) is 9.59 Å². The molecule has 0 bridgehead atoms. The molecule has 0 atom stereocenters. The number of thiophene rings is 1. The van der Waals surface area contributed by atoms with E-state index in [2.05, 4.69) is 5.32 Å². The number of hydrogen-bond acceptors (Lipinski definition) is 4. The third kappa shape index (κ3) is 2.75. The van der Waals surface area contributed by atoms with Crippen LogP contribution in [0, 0.1) is 0 Å². The molecule has 106 valence electrons. The average Bonchev–Trinajstić information content (AvgIpc) is 2.81. The van der Waals surface area contributed by atoms with Crippen LogP contribution in [-0.4, -0.2) is 37.4 Å². The van der Waals surface area contributed by atoms with Crippen molar-refractivity contribution in [2.75, 3.05) is 26.4 Å². The van der Waals surface area contributed by atoms with E-state index in [0.29, 0.717) is 17.1 Å². The van der Waals surface area contributed by atoms with E-state index < -0.39 is 0 Å². The minimum atomic E-state index is -0.146. The minimum Gasteiger partial charge on any atom is -0.397 e. The van der Waals surface area contributed by atoms with Gasteiger partial charge in [-0.1, -0.05) is 18.2 Å². The van der Waals surface area contributed by atoms with E-state index in [0.717, 1.165) is 10.1 Å². The fourth-order valence-electron chi connectivity index (χ4n) is 1.89. The highest BCUT2D eigenvalue weighted by molar-refractivity contribution is 7.21. The summed E-state index contributed by atoms with van der Waals surface area (Å²) in [4.78, 5) is 25.6. The smallest absolute Gasteiger partial charge is 0.265 e. The highest BCUT2D eigenvalue weighted by atomic mass is 32.1. The van der Waals surface area contributed by atoms with Crippen LogP contribution in [0.25, 0.3) is 10.1 Å². The first-order valence-electron chi connectivity index (χ1n) is 6.27. The fraction of sp³-hybridized carbons (Fsp3) is 0.286. The number of carbonyl (C=O) groups excluding carboxylic acids is 2. The highest BCUT2D eigenvalue weighted by Gasteiger charge is 2.19. The average molecular weight is 291 g/mol. The minimum absolute atomic E-state index is 0.0889. The number of nitrogen functional groups attached to an aromatic ring is 1. The molecule has 0 radical (unpaired) electrons. The second kappa shape index (κ2) is 5.92. The Morgan fingerprint density at radius 3 is 2.70 bits per heavy atom. The summed E-state index contributed by atoms with van der Waals surface area (Å²) < 4.78 is 0.994. The number of nitrogens with two attached hydrogens (primary N) is 1.